The van der Waals surface area contributed by atoms with Crippen molar-refractivity contribution in [3.63, 3.8) is 0 Å². The van der Waals surface area contributed by atoms with E-state index in [-0.39, 0.29) is 0 Å². The molecule has 0 spiro atoms. The van der Waals surface area contributed by atoms with Crippen LogP contribution in [0, 0.1) is 5.92 Å². The SMILES string of the molecule is CC1CCC=CC(C)[N+](C)(C)CCCC1. The van der Waals surface area contributed by atoms with E-state index >= 15 is 0 Å². The lowest BCUT2D eigenvalue weighted by Gasteiger charge is -2.34. The second kappa shape index (κ2) is 5.69. The summed E-state index contributed by atoms with van der Waals surface area (Å²) in [5, 5.41) is 0. The van der Waals surface area contributed by atoms with Gasteiger partial charge in [-0.25, -0.2) is 0 Å². The highest BCUT2D eigenvalue weighted by Crippen LogP contribution is 2.18. The number of hydrogen-bond donors (Lipinski definition) is 0. The van der Waals surface area contributed by atoms with E-state index in [1.807, 2.05) is 0 Å². The lowest BCUT2D eigenvalue weighted by Crippen LogP contribution is -2.46. The third kappa shape index (κ3) is 4.38. The molecule has 0 saturated heterocycles. The maximum atomic E-state index is 2.41. The summed E-state index contributed by atoms with van der Waals surface area (Å²) in [6, 6.07) is 0.665. The fraction of sp³-hybridized carbons (Fsp3) is 0.857. The number of quaternary nitrogens is 1. The zero-order valence-electron chi connectivity index (χ0n) is 11.0. The average Bonchev–Trinajstić information content (AvgIpc) is 2.19. The Bertz CT molecular complexity index is 205. The highest BCUT2D eigenvalue weighted by molar-refractivity contribution is 4.88. The van der Waals surface area contributed by atoms with Crippen LogP contribution in [0.1, 0.15) is 46.0 Å². The van der Waals surface area contributed by atoms with Crippen LogP contribution in [0.25, 0.3) is 0 Å². The Labute approximate surface area is 95.8 Å². The van der Waals surface area contributed by atoms with Gasteiger partial charge in [-0.3, -0.25) is 0 Å². The van der Waals surface area contributed by atoms with Crippen LogP contribution in [-0.2, 0) is 0 Å². The molecule has 2 unspecified atom stereocenters. The fourth-order valence-corrected chi connectivity index (χ4v) is 2.27. The number of likely N-dealkylation sites (N-methyl/N-ethyl adjacent to an activating group) is 1. The van der Waals surface area contributed by atoms with Gasteiger partial charge in [0.25, 0.3) is 0 Å². The molecule has 1 heterocycles. The molecule has 1 heteroatoms. The fourth-order valence-electron chi connectivity index (χ4n) is 2.27. The van der Waals surface area contributed by atoms with Crippen molar-refractivity contribution in [2.75, 3.05) is 20.6 Å². The lowest BCUT2D eigenvalue weighted by atomic mass is 9.99. The molecule has 0 bridgehead atoms. The first-order valence-electron chi connectivity index (χ1n) is 6.51. The summed E-state index contributed by atoms with van der Waals surface area (Å²) >= 11 is 0. The van der Waals surface area contributed by atoms with Gasteiger partial charge in [-0.15, -0.1) is 0 Å². The largest absolute Gasteiger partial charge is 0.323 e. The van der Waals surface area contributed by atoms with Crippen molar-refractivity contribution >= 4 is 0 Å². The van der Waals surface area contributed by atoms with E-state index in [2.05, 4.69) is 40.1 Å². The number of hydrogen-bond acceptors (Lipinski definition) is 0. The van der Waals surface area contributed by atoms with Crippen LogP contribution in [0.4, 0.5) is 0 Å². The van der Waals surface area contributed by atoms with Gasteiger partial charge in [0.1, 0.15) is 6.04 Å². The molecule has 0 aromatic heterocycles. The quantitative estimate of drug-likeness (QED) is 0.423. The third-order valence-corrected chi connectivity index (χ3v) is 4.02. The molecule has 0 N–H and O–H groups in total. The average molecular weight is 210 g/mol. The van der Waals surface area contributed by atoms with Crippen molar-refractivity contribution < 1.29 is 4.48 Å². The Kier molecular flexibility index (Phi) is 4.85. The predicted octanol–water partition coefficient (Wildman–Crippen LogP) is 3.61. The second-order valence-corrected chi connectivity index (χ2v) is 5.85. The van der Waals surface area contributed by atoms with Crippen LogP contribution in [0.3, 0.4) is 0 Å². The number of nitrogens with zero attached hydrogens (tertiary/aromatic N) is 1. The van der Waals surface area contributed by atoms with Crippen LogP contribution < -0.4 is 0 Å². The molecule has 1 aliphatic rings. The Hall–Kier alpha value is -0.300. The molecule has 0 amide bonds. The zero-order valence-corrected chi connectivity index (χ0v) is 11.0. The molecule has 0 saturated carbocycles. The van der Waals surface area contributed by atoms with Crippen molar-refractivity contribution in [3.8, 4) is 0 Å². The normalized spacial score (nSPS) is 33.3. The molecule has 1 nitrogen and oxygen atoms in total. The molecule has 0 radical (unpaired) electrons. The molecular weight excluding hydrogens is 182 g/mol. The van der Waals surface area contributed by atoms with Gasteiger partial charge in [-0.1, -0.05) is 19.4 Å². The van der Waals surface area contributed by atoms with Gasteiger partial charge in [-0.2, -0.15) is 0 Å². The third-order valence-electron chi connectivity index (χ3n) is 4.02. The van der Waals surface area contributed by atoms with Gasteiger partial charge >= 0.3 is 0 Å². The van der Waals surface area contributed by atoms with E-state index in [4.69, 9.17) is 0 Å². The molecule has 2 atom stereocenters. The monoisotopic (exact) mass is 210 g/mol. The zero-order chi connectivity index (χ0) is 11.3. The smallest absolute Gasteiger partial charge is 0.104 e. The molecule has 88 valence electrons. The first kappa shape index (κ1) is 12.8. The van der Waals surface area contributed by atoms with E-state index in [1.54, 1.807) is 0 Å². The minimum Gasteiger partial charge on any atom is -0.323 e. The minimum atomic E-state index is 0.665. The van der Waals surface area contributed by atoms with Gasteiger partial charge in [0.05, 0.1) is 20.6 Å². The molecular formula is C14H28N+. The highest BCUT2D eigenvalue weighted by Gasteiger charge is 2.21. The maximum Gasteiger partial charge on any atom is 0.104 e. The van der Waals surface area contributed by atoms with E-state index in [0.717, 1.165) is 10.4 Å². The molecule has 1 rings (SSSR count). The van der Waals surface area contributed by atoms with E-state index in [0.29, 0.717) is 6.04 Å². The first-order chi connectivity index (χ1) is 7.02. The van der Waals surface area contributed by atoms with Crippen molar-refractivity contribution in [3.05, 3.63) is 12.2 Å². The number of allylic oxidation sites excluding steroid dienone is 1. The Morgan fingerprint density at radius 2 is 1.80 bits per heavy atom. The molecule has 0 aromatic rings. The van der Waals surface area contributed by atoms with Gasteiger partial charge in [0.2, 0.25) is 0 Å². The van der Waals surface area contributed by atoms with Gasteiger partial charge in [0, 0.05) is 0 Å². The van der Waals surface area contributed by atoms with Crippen LogP contribution in [-0.4, -0.2) is 31.2 Å². The van der Waals surface area contributed by atoms with Gasteiger partial charge in [0.15, 0.2) is 0 Å². The molecule has 0 aromatic carbocycles. The Morgan fingerprint density at radius 3 is 2.53 bits per heavy atom. The van der Waals surface area contributed by atoms with Crippen molar-refractivity contribution in [1.82, 2.24) is 0 Å². The predicted molar refractivity (Wildman–Crippen MR) is 67.8 cm³/mol. The van der Waals surface area contributed by atoms with Crippen molar-refractivity contribution in [2.45, 2.75) is 52.0 Å². The molecule has 0 aliphatic carbocycles. The van der Waals surface area contributed by atoms with Crippen LogP contribution in [0.15, 0.2) is 12.2 Å². The Morgan fingerprint density at radius 1 is 1.07 bits per heavy atom. The van der Waals surface area contributed by atoms with Crippen molar-refractivity contribution in [1.29, 1.82) is 0 Å². The topological polar surface area (TPSA) is 0 Å². The van der Waals surface area contributed by atoms with E-state index < -0.39 is 0 Å². The highest BCUT2D eigenvalue weighted by atomic mass is 15.3. The molecule has 1 aliphatic heterocycles. The summed E-state index contributed by atoms with van der Waals surface area (Å²) in [6.07, 6.45) is 11.7. The van der Waals surface area contributed by atoms with E-state index in [1.165, 1.54) is 38.6 Å². The minimum absolute atomic E-state index is 0.665. The summed E-state index contributed by atoms with van der Waals surface area (Å²) in [5.41, 5.74) is 0. The maximum absolute atomic E-state index is 2.41. The molecule has 15 heavy (non-hydrogen) atoms. The second-order valence-electron chi connectivity index (χ2n) is 5.85. The molecule has 0 fully saturated rings. The van der Waals surface area contributed by atoms with E-state index in [9.17, 15) is 0 Å². The van der Waals surface area contributed by atoms with Gasteiger partial charge in [-0.05, 0) is 44.6 Å². The van der Waals surface area contributed by atoms with Crippen LogP contribution >= 0.6 is 0 Å². The summed E-state index contributed by atoms with van der Waals surface area (Å²) in [7, 11) is 4.71. The Balaban J connectivity index is 2.57. The first-order valence-corrected chi connectivity index (χ1v) is 6.51. The summed E-state index contributed by atoms with van der Waals surface area (Å²) in [6.45, 7) is 6.06. The van der Waals surface area contributed by atoms with Crippen LogP contribution in [0.5, 0.6) is 0 Å². The standard InChI is InChI=1S/C14H28N/c1-13-9-5-6-11-14(2)15(3,4)12-8-7-10-13/h6,11,13-14H,5,7-10,12H2,1-4H3/q+1. The van der Waals surface area contributed by atoms with Crippen LogP contribution in [0.2, 0.25) is 0 Å². The van der Waals surface area contributed by atoms with Crippen molar-refractivity contribution in [2.24, 2.45) is 5.92 Å². The summed E-state index contributed by atoms with van der Waals surface area (Å²) in [4.78, 5) is 0. The summed E-state index contributed by atoms with van der Waals surface area (Å²) < 4.78 is 1.14. The number of rotatable bonds is 0. The lowest BCUT2D eigenvalue weighted by molar-refractivity contribution is -0.906. The van der Waals surface area contributed by atoms with Gasteiger partial charge < -0.3 is 4.48 Å². The summed E-state index contributed by atoms with van der Waals surface area (Å²) in [5.74, 6) is 0.915.